The Morgan fingerprint density at radius 1 is 1.32 bits per heavy atom. The number of thioether (sulfide) groups is 1. The van der Waals surface area contributed by atoms with Gasteiger partial charge in [0.2, 0.25) is 0 Å². The second kappa shape index (κ2) is 5.51. The fourth-order valence-corrected chi connectivity index (χ4v) is 5.23. The van der Waals surface area contributed by atoms with E-state index in [9.17, 15) is 0 Å². The van der Waals surface area contributed by atoms with Crippen molar-refractivity contribution in [2.45, 2.75) is 35.8 Å². The van der Waals surface area contributed by atoms with Gasteiger partial charge in [-0.25, -0.2) is 0 Å². The SMILES string of the molecule is Cc1cc(NC2C[C@H](C)Sc3sccc32)ccc1Br. The topological polar surface area (TPSA) is 12.0 Å². The number of halogens is 1. The van der Waals surface area contributed by atoms with E-state index in [-0.39, 0.29) is 0 Å². The minimum atomic E-state index is 0.443. The Hall–Kier alpha value is -0.450. The van der Waals surface area contributed by atoms with Crippen LogP contribution in [-0.4, -0.2) is 5.25 Å². The first-order valence-corrected chi connectivity index (χ1v) is 8.95. The summed E-state index contributed by atoms with van der Waals surface area (Å²) in [4.78, 5) is 0. The Balaban J connectivity index is 1.86. The van der Waals surface area contributed by atoms with Gasteiger partial charge in [0, 0.05) is 15.4 Å². The molecule has 3 rings (SSSR count). The number of aryl methyl sites for hydroxylation is 1. The normalized spacial score (nSPS) is 22.1. The summed E-state index contributed by atoms with van der Waals surface area (Å²) in [6, 6.07) is 9.19. The summed E-state index contributed by atoms with van der Waals surface area (Å²) in [5.74, 6) is 0. The predicted octanol–water partition coefficient (Wildman–Crippen LogP) is 5.86. The van der Waals surface area contributed by atoms with Crippen LogP contribution in [0, 0.1) is 6.92 Å². The molecule has 2 atom stereocenters. The average molecular weight is 354 g/mol. The van der Waals surface area contributed by atoms with Crippen molar-refractivity contribution in [2.75, 3.05) is 5.32 Å². The first-order valence-electron chi connectivity index (χ1n) is 6.40. The van der Waals surface area contributed by atoms with E-state index in [4.69, 9.17) is 0 Å². The van der Waals surface area contributed by atoms with E-state index in [0.717, 1.165) is 0 Å². The average Bonchev–Trinajstić information content (AvgIpc) is 2.82. The van der Waals surface area contributed by atoms with Crippen LogP contribution in [0.5, 0.6) is 0 Å². The maximum atomic E-state index is 3.69. The molecule has 0 fully saturated rings. The van der Waals surface area contributed by atoms with Crippen molar-refractivity contribution in [3.05, 3.63) is 45.2 Å². The molecule has 0 saturated carbocycles. The van der Waals surface area contributed by atoms with E-state index in [0.29, 0.717) is 11.3 Å². The Morgan fingerprint density at radius 3 is 2.95 bits per heavy atom. The van der Waals surface area contributed by atoms with E-state index in [1.54, 1.807) is 0 Å². The number of rotatable bonds is 2. The number of nitrogens with one attached hydrogen (secondary N) is 1. The third-order valence-corrected chi connectivity index (χ3v) is 6.64. The van der Waals surface area contributed by atoms with Crippen molar-refractivity contribution in [3.63, 3.8) is 0 Å². The van der Waals surface area contributed by atoms with Crippen molar-refractivity contribution in [3.8, 4) is 0 Å². The molecule has 0 amide bonds. The predicted molar refractivity (Wildman–Crippen MR) is 89.5 cm³/mol. The van der Waals surface area contributed by atoms with Gasteiger partial charge < -0.3 is 5.32 Å². The third kappa shape index (κ3) is 2.86. The highest BCUT2D eigenvalue weighted by Gasteiger charge is 2.26. The molecule has 4 heteroatoms. The first-order chi connectivity index (χ1) is 9.13. The second-order valence-electron chi connectivity index (χ2n) is 4.99. The lowest BCUT2D eigenvalue weighted by molar-refractivity contribution is 0.670. The molecule has 0 radical (unpaired) electrons. The number of benzene rings is 1. The summed E-state index contributed by atoms with van der Waals surface area (Å²) < 4.78 is 2.65. The number of hydrogen-bond acceptors (Lipinski definition) is 3. The van der Waals surface area contributed by atoms with Gasteiger partial charge in [0.25, 0.3) is 0 Å². The molecule has 0 aliphatic carbocycles. The van der Waals surface area contributed by atoms with E-state index >= 15 is 0 Å². The molecule has 2 aromatic rings. The van der Waals surface area contributed by atoms with Crippen molar-refractivity contribution in [1.29, 1.82) is 0 Å². The Bertz CT molecular complexity index is 594. The summed E-state index contributed by atoms with van der Waals surface area (Å²) >= 11 is 7.43. The highest BCUT2D eigenvalue weighted by Crippen LogP contribution is 2.45. The Morgan fingerprint density at radius 2 is 2.16 bits per heavy atom. The molecule has 2 heterocycles. The van der Waals surface area contributed by atoms with Crippen LogP contribution in [0.3, 0.4) is 0 Å². The zero-order valence-electron chi connectivity index (χ0n) is 10.9. The largest absolute Gasteiger partial charge is 0.378 e. The molecular formula is C15H16BrNS2. The molecule has 0 bridgehead atoms. The summed E-state index contributed by atoms with van der Waals surface area (Å²) in [5, 5.41) is 6.58. The standard InChI is InChI=1S/C15H16BrNS2/c1-9-7-11(3-4-13(9)16)17-14-8-10(2)19-15-12(14)5-6-18-15/h3-7,10,14,17H,8H2,1-2H3/t10-,14?/m0/s1. The maximum absolute atomic E-state index is 3.69. The minimum Gasteiger partial charge on any atom is -0.378 e. The van der Waals surface area contributed by atoms with Crippen molar-refractivity contribution in [2.24, 2.45) is 0 Å². The second-order valence-corrected chi connectivity index (χ2v) is 8.47. The van der Waals surface area contributed by atoms with Crippen molar-refractivity contribution < 1.29 is 0 Å². The number of fused-ring (bicyclic) bond motifs is 1. The van der Waals surface area contributed by atoms with Gasteiger partial charge in [0.1, 0.15) is 0 Å². The number of anilines is 1. The van der Waals surface area contributed by atoms with Gasteiger partial charge in [-0.3, -0.25) is 0 Å². The van der Waals surface area contributed by atoms with E-state index in [1.807, 2.05) is 23.1 Å². The van der Waals surface area contributed by atoms with Crippen LogP contribution >= 0.6 is 39.0 Å². The Labute approximate surface area is 130 Å². The summed E-state index contributed by atoms with van der Waals surface area (Å²) in [6.07, 6.45) is 1.18. The van der Waals surface area contributed by atoms with Crippen molar-refractivity contribution >= 4 is 44.7 Å². The van der Waals surface area contributed by atoms with Crippen LogP contribution in [0.15, 0.2) is 38.3 Å². The lowest BCUT2D eigenvalue weighted by Gasteiger charge is -2.28. The quantitative estimate of drug-likeness (QED) is 0.725. The first kappa shape index (κ1) is 13.5. The number of hydrogen-bond donors (Lipinski definition) is 1. The van der Waals surface area contributed by atoms with Gasteiger partial charge in [-0.15, -0.1) is 23.1 Å². The molecule has 19 heavy (non-hydrogen) atoms. The lowest BCUT2D eigenvalue weighted by Crippen LogP contribution is -2.19. The lowest BCUT2D eigenvalue weighted by atomic mass is 10.0. The molecular weight excluding hydrogens is 338 g/mol. The molecule has 1 unspecified atom stereocenters. The molecule has 1 N–H and O–H groups in total. The summed E-state index contributed by atoms with van der Waals surface area (Å²) in [5.41, 5.74) is 3.95. The zero-order valence-corrected chi connectivity index (χ0v) is 14.2. The molecule has 0 spiro atoms. The smallest absolute Gasteiger partial charge is 0.0653 e. The molecule has 1 aliphatic rings. The van der Waals surface area contributed by atoms with Gasteiger partial charge in [0.15, 0.2) is 0 Å². The molecule has 1 nitrogen and oxygen atoms in total. The van der Waals surface area contributed by atoms with Crippen LogP contribution < -0.4 is 5.32 Å². The summed E-state index contributed by atoms with van der Waals surface area (Å²) in [7, 11) is 0. The fourth-order valence-electron chi connectivity index (χ4n) is 2.42. The molecule has 0 saturated heterocycles. The molecule has 1 aliphatic heterocycles. The maximum Gasteiger partial charge on any atom is 0.0653 e. The zero-order chi connectivity index (χ0) is 13.4. The van der Waals surface area contributed by atoms with Crippen LogP contribution in [-0.2, 0) is 0 Å². The van der Waals surface area contributed by atoms with Crippen LogP contribution in [0.25, 0.3) is 0 Å². The fraction of sp³-hybridized carbons (Fsp3) is 0.333. The van der Waals surface area contributed by atoms with E-state index < -0.39 is 0 Å². The van der Waals surface area contributed by atoms with Gasteiger partial charge in [-0.1, -0.05) is 22.9 Å². The van der Waals surface area contributed by atoms with Gasteiger partial charge >= 0.3 is 0 Å². The molecule has 100 valence electrons. The highest BCUT2D eigenvalue weighted by atomic mass is 79.9. The van der Waals surface area contributed by atoms with Gasteiger partial charge in [-0.2, -0.15) is 0 Å². The minimum absolute atomic E-state index is 0.443. The van der Waals surface area contributed by atoms with Crippen LogP contribution in [0.2, 0.25) is 0 Å². The van der Waals surface area contributed by atoms with Gasteiger partial charge in [-0.05, 0) is 54.1 Å². The van der Waals surface area contributed by atoms with E-state index in [2.05, 4.69) is 64.7 Å². The monoisotopic (exact) mass is 353 g/mol. The van der Waals surface area contributed by atoms with Crippen molar-refractivity contribution in [1.82, 2.24) is 0 Å². The summed E-state index contributed by atoms with van der Waals surface area (Å²) in [6.45, 7) is 4.44. The third-order valence-electron chi connectivity index (χ3n) is 3.41. The molecule has 1 aromatic heterocycles. The van der Waals surface area contributed by atoms with Gasteiger partial charge in [0.05, 0.1) is 10.3 Å². The van der Waals surface area contributed by atoms with E-state index in [1.165, 1.54) is 31.9 Å². The Kier molecular flexibility index (Phi) is 3.92. The highest BCUT2D eigenvalue weighted by molar-refractivity contribution is 9.10. The van der Waals surface area contributed by atoms with Crippen LogP contribution in [0.1, 0.15) is 30.5 Å². The number of thiophene rings is 1. The van der Waals surface area contributed by atoms with Crippen LogP contribution in [0.4, 0.5) is 5.69 Å². The molecule has 1 aromatic carbocycles.